The predicted molar refractivity (Wildman–Crippen MR) is 61.4 cm³/mol. The highest BCUT2D eigenvalue weighted by Gasteiger charge is 2.14. The molecule has 84 valence electrons. The van der Waals surface area contributed by atoms with Gasteiger partial charge in [-0.2, -0.15) is 0 Å². The number of hydrogen-bond donors (Lipinski definition) is 3. The molecule has 0 unspecified atom stereocenters. The molecule has 0 heterocycles. The van der Waals surface area contributed by atoms with Crippen molar-refractivity contribution in [1.82, 2.24) is 0 Å². The molecule has 0 aromatic heterocycles. The SMILES string of the molecule is CCOc1c(CO)cc(C)c(S)c1CO. The third kappa shape index (κ3) is 2.45. The number of aliphatic hydroxyl groups excluding tert-OH is 2. The monoisotopic (exact) mass is 228 g/mol. The van der Waals surface area contributed by atoms with Crippen molar-refractivity contribution in [1.29, 1.82) is 0 Å². The molecule has 0 fully saturated rings. The highest BCUT2D eigenvalue weighted by atomic mass is 32.1. The molecule has 0 atom stereocenters. The Bertz CT molecular complexity index is 350. The minimum Gasteiger partial charge on any atom is -0.493 e. The van der Waals surface area contributed by atoms with Crippen LogP contribution in [0.2, 0.25) is 0 Å². The van der Waals surface area contributed by atoms with Crippen molar-refractivity contribution in [2.45, 2.75) is 32.0 Å². The van der Waals surface area contributed by atoms with Crippen molar-refractivity contribution in [3.8, 4) is 5.75 Å². The van der Waals surface area contributed by atoms with E-state index in [2.05, 4.69) is 12.6 Å². The lowest BCUT2D eigenvalue weighted by Gasteiger charge is -2.16. The summed E-state index contributed by atoms with van der Waals surface area (Å²) in [7, 11) is 0. The fourth-order valence-electron chi connectivity index (χ4n) is 1.52. The topological polar surface area (TPSA) is 49.7 Å². The number of aryl methyl sites for hydroxylation is 1. The Balaban J connectivity index is 3.35. The number of benzene rings is 1. The Morgan fingerprint density at radius 1 is 1.33 bits per heavy atom. The lowest BCUT2D eigenvalue weighted by molar-refractivity contribution is 0.249. The van der Waals surface area contributed by atoms with Gasteiger partial charge in [-0.3, -0.25) is 0 Å². The Morgan fingerprint density at radius 2 is 2.00 bits per heavy atom. The molecule has 0 amide bonds. The van der Waals surface area contributed by atoms with Crippen molar-refractivity contribution < 1.29 is 14.9 Å². The van der Waals surface area contributed by atoms with Gasteiger partial charge in [-0.15, -0.1) is 12.6 Å². The van der Waals surface area contributed by atoms with Gasteiger partial charge in [-0.25, -0.2) is 0 Å². The normalized spacial score (nSPS) is 10.5. The van der Waals surface area contributed by atoms with Gasteiger partial charge in [0.1, 0.15) is 5.75 Å². The molecule has 1 aromatic carbocycles. The second kappa shape index (κ2) is 5.39. The van der Waals surface area contributed by atoms with Crippen LogP contribution in [0.1, 0.15) is 23.6 Å². The zero-order chi connectivity index (χ0) is 11.4. The summed E-state index contributed by atoms with van der Waals surface area (Å²) in [6.07, 6.45) is 0. The molecule has 0 saturated carbocycles. The number of thiol groups is 1. The van der Waals surface area contributed by atoms with Crippen LogP contribution in [0.5, 0.6) is 5.75 Å². The number of hydrogen-bond acceptors (Lipinski definition) is 4. The van der Waals surface area contributed by atoms with Crippen LogP contribution >= 0.6 is 12.6 Å². The van der Waals surface area contributed by atoms with Gasteiger partial charge >= 0.3 is 0 Å². The average Bonchev–Trinajstić information content (AvgIpc) is 2.24. The van der Waals surface area contributed by atoms with Crippen molar-refractivity contribution in [2.75, 3.05) is 6.61 Å². The maximum atomic E-state index is 9.26. The summed E-state index contributed by atoms with van der Waals surface area (Å²) in [6.45, 7) is 4.01. The lowest BCUT2D eigenvalue weighted by atomic mass is 10.1. The third-order valence-corrected chi connectivity index (χ3v) is 2.86. The molecule has 0 saturated heterocycles. The average molecular weight is 228 g/mol. The van der Waals surface area contributed by atoms with Crippen LogP contribution in [0.4, 0.5) is 0 Å². The van der Waals surface area contributed by atoms with Crippen LogP contribution in [0.3, 0.4) is 0 Å². The van der Waals surface area contributed by atoms with Gasteiger partial charge in [0.15, 0.2) is 0 Å². The summed E-state index contributed by atoms with van der Waals surface area (Å²) >= 11 is 4.32. The molecule has 1 rings (SSSR count). The minimum atomic E-state index is -0.136. The van der Waals surface area contributed by atoms with Gasteiger partial charge in [-0.1, -0.05) is 0 Å². The molecule has 0 aliphatic carbocycles. The molecule has 0 radical (unpaired) electrons. The van der Waals surface area contributed by atoms with Crippen molar-refractivity contribution in [3.63, 3.8) is 0 Å². The van der Waals surface area contributed by atoms with Crippen molar-refractivity contribution in [3.05, 3.63) is 22.8 Å². The van der Waals surface area contributed by atoms with E-state index in [1.54, 1.807) is 0 Å². The number of ether oxygens (including phenoxy) is 1. The summed E-state index contributed by atoms with van der Waals surface area (Å²) in [4.78, 5) is 0.721. The van der Waals surface area contributed by atoms with Gasteiger partial charge in [0.05, 0.1) is 19.8 Å². The minimum absolute atomic E-state index is 0.1000. The molecule has 0 aliphatic rings. The fraction of sp³-hybridized carbons (Fsp3) is 0.455. The predicted octanol–water partition coefficient (Wildman–Crippen LogP) is 1.67. The first kappa shape index (κ1) is 12.4. The summed E-state index contributed by atoms with van der Waals surface area (Å²) < 4.78 is 5.42. The third-order valence-electron chi connectivity index (χ3n) is 2.23. The van der Waals surface area contributed by atoms with E-state index in [0.717, 1.165) is 10.5 Å². The number of aliphatic hydroxyl groups is 2. The van der Waals surface area contributed by atoms with Gasteiger partial charge in [-0.05, 0) is 25.5 Å². The quantitative estimate of drug-likeness (QED) is 0.687. The van der Waals surface area contributed by atoms with E-state index < -0.39 is 0 Å². The van der Waals surface area contributed by atoms with E-state index in [-0.39, 0.29) is 13.2 Å². The standard InChI is InChI=1S/C11H16O3S/c1-3-14-10-8(5-12)4-7(2)11(15)9(10)6-13/h4,12-13,15H,3,5-6H2,1-2H3. The van der Waals surface area contributed by atoms with E-state index >= 15 is 0 Å². The Labute approximate surface area is 95.1 Å². The van der Waals surface area contributed by atoms with Gasteiger partial charge in [0.2, 0.25) is 0 Å². The molecule has 0 spiro atoms. The van der Waals surface area contributed by atoms with Crippen LogP contribution in [0.25, 0.3) is 0 Å². The van der Waals surface area contributed by atoms with Crippen LogP contribution in [0, 0.1) is 6.92 Å². The van der Waals surface area contributed by atoms with Crippen molar-refractivity contribution >= 4 is 12.6 Å². The largest absolute Gasteiger partial charge is 0.493 e. The summed E-state index contributed by atoms with van der Waals surface area (Å²) in [5.41, 5.74) is 2.26. The second-order valence-corrected chi connectivity index (χ2v) is 3.71. The molecule has 1 aromatic rings. The first-order valence-electron chi connectivity index (χ1n) is 4.84. The maximum Gasteiger partial charge on any atom is 0.131 e. The Morgan fingerprint density at radius 3 is 2.47 bits per heavy atom. The Kier molecular flexibility index (Phi) is 4.45. The lowest BCUT2D eigenvalue weighted by Crippen LogP contribution is -2.03. The number of rotatable bonds is 4. The second-order valence-electron chi connectivity index (χ2n) is 3.26. The zero-order valence-corrected chi connectivity index (χ0v) is 9.84. The molecule has 2 N–H and O–H groups in total. The van der Waals surface area contributed by atoms with Crippen LogP contribution in [-0.2, 0) is 13.2 Å². The molecule has 4 heteroatoms. The highest BCUT2D eigenvalue weighted by Crippen LogP contribution is 2.32. The van der Waals surface area contributed by atoms with Gasteiger partial charge in [0.25, 0.3) is 0 Å². The van der Waals surface area contributed by atoms with E-state index in [9.17, 15) is 10.2 Å². The van der Waals surface area contributed by atoms with Crippen molar-refractivity contribution in [2.24, 2.45) is 0 Å². The Hall–Kier alpha value is -0.710. The molecular weight excluding hydrogens is 212 g/mol. The smallest absolute Gasteiger partial charge is 0.131 e. The van der Waals surface area contributed by atoms with Crippen LogP contribution in [0.15, 0.2) is 11.0 Å². The first-order valence-corrected chi connectivity index (χ1v) is 5.29. The molecule has 0 bridgehead atoms. The zero-order valence-electron chi connectivity index (χ0n) is 8.95. The van der Waals surface area contributed by atoms with Crippen LogP contribution in [-0.4, -0.2) is 16.8 Å². The molecule has 3 nitrogen and oxygen atoms in total. The fourth-order valence-corrected chi connectivity index (χ4v) is 1.76. The highest BCUT2D eigenvalue weighted by molar-refractivity contribution is 7.80. The molecule has 0 aliphatic heterocycles. The first-order chi connectivity index (χ1) is 7.15. The van der Waals surface area contributed by atoms with Gasteiger partial charge in [0, 0.05) is 16.0 Å². The van der Waals surface area contributed by atoms with E-state index in [1.165, 1.54) is 0 Å². The summed E-state index contributed by atoms with van der Waals surface area (Å²) in [6, 6.07) is 1.83. The summed E-state index contributed by atoms with van der Waals surface area (Å²) in [5.74, 6) is 0.554. The van der Waals surface area contributed by atoms with E-state index in [4.69, 9.17) is 4.74 Å². The van der Waals surface area contributed by atoms with E-state index in [1.807, 2.05) is 19.9 Å². The van der Waals surface area contributed by atoms with Gasteiger partial charge < -0.3 is 14.9 Å². The molecular formula is C11H16O3S. The summed E-state index contributed by atoms with van der Waals surface area (Å²) in [5, 5.41) is 18.5. The molecule has 15 heavy (non-hydrogen) atoms. The maximum absolute atomic E-state index is 9.26. The van der Waals surface area contributed by atoms with Crippen LogP contribution < -0.4 is 4.74 Å². The van der Waals surface area contributed by atoms with E-state index in [0.29, 0.717) is 23.5 Å².